The predicted molar refractivity (Wildman–Crippen MR) is 73.2 cm³/mol. The van der Waals surface area contributed by atoms with Crippen LogP contribution in [0.5, 0.6) is 0 Å². The summed E-state index contributed by atoms with van der Waals surface area (Å²) < 4.78 is 5.46. The molecule has 0 bridgehead atoms. The van der Waals surface area contributed by atoms with Gasteiger partial charge in [0.2, 0.25) is 5.91 Å². The highest BCUT2D eigenvalue weighted by atomic mass is 16.5. The molecule has 0 aliphatic rings. The Morgan fingerprint density at radius 1 is 1.35 bits per heavy atom. The van der Waals surface area contributed by atoms with Crippen LogP contribution in [0.2, 0.25) is 0 Å². The summed E-state index contributed by atoms with van der Waals surface area (Å²) >= 11 is 0. The minimum absolute atomic E-state index is 0.0160. The van der Waals surface area contributed by atoms with E-state index >= 15 is 0 Å². The van der Waals surface area contributed by atoms with Crippen molar-refractivity contribution in [1.82, 2.24) is 10.6 Å². The van der Waals surface area contributed by atoms with Crippen molar-refractivity contribution >= 4 is 5.91 Å². The van der Waals surface area contributed by atoms with Crippen LogP contribution in [-0.2, 0) is 9.53 Å². The lowest BCUT2D eigenvalue weighted by molar-refractivity contribution is -0.119. The summed E-state index contributed by atoms with van der Waals surface area (Å²) in [5.41, 5.74) is -0.128. The Balaban J connectivity index is 0. The third-order valence-corrected chi connectivity index (χ3v) is 2.21. The van der Waals surface area contributed by atoms with E-state index < -0.39 is 0 Å². The van der Waals surface area contributed by atoms with Gasteiger partial charge in [0.1, 0.15) is 0 Å². The average molecular weight is 246 g/mol. The van der Waals surface area contributed by atoms with E-state index in [1.165, 1.54) is 6.92 Å². The molecule has 0 unspecified atom stereocenters. The van der Waals surface area contributed by atoms with E-state index in [1.54, 1.807) is 0 Å². The first-order chi connectivity index (χ1) is 7.75. The van der Waals surface area contributed by atoms with Gasteiger partial charge in [-0.2, -0.15) is 0 Å². The fourth-order valence-electron chi connectivity index (χ4n) is 1.00. The van der Waals surface area contributed by atoms with Gasteiger partial charge in [0.05, 0.1) is 5.60 Å². The molecule has 0 spiro atoms. The molecule has 0 aliphatic heterocycles. The summed E-state index contributed by atoms with van der Waals surface area (Å²) in [4.78, 5) is 10.5. The van der Waals surface area contributed by atoms with Crippen molar-refractivity contribution in [2.75, 3.05) is 20.2 Å². The van der Waals surface area contributed by atoms with Gasteiger partial charge in [0, 0.05) is 26.1 Å². The molecule has 2 N–H and O–H groups in total. The second kappa shape index (κ2) is 10.5. The van der Waals surface area contributed by atoms with E-state index in [2.05, 4.69) is 24.5 Å². The molecule has 4 nitrogen and oxygen atoms in total. The molecule has 0 atom stereocenters. The standard InChI is InChI=1S/C9H19NO2.C4H11N/c1-5-12-9(3,4)6-7-10-8(2)11;1-4(2)5-3/h5-7H2,1-4H3,(H,10,11);4-5H,1-3H3. The van der Waals surface area contributed by atoms with Crippen molar-refractivity contribution in [3.8, 4) is 0 Å². The summed E-state index contributed by atoms with van der Waals surface area (Å²) in [6.45, 7) is 13.2. The Hall–Kier alpha value is -0.610. The zero-order valence-corrected chi connectivity index (χ0v) is 12.5. The smallest absolute Gasteiger partial charge is 0.216 e. The molecular weight excluding hydrogens is 216 g/mol. The van der Waals surface area contributed by atoms with Crippen LogP contribution in [0.4, 0.5) is 0 Å². The van der Waals surface area contributed by atoms with E-state index in [1.807, 2.05) is 27.8 Å². The van der Waals surface area contributed by atoms with Crippen LogP contribution in [0.15, 0.2) is 0 Å². The van der Waals surface area contributed by atoms with Gasteiger partial charge in [-0.25, -0.2) is 0 Å². The molecule has 17 heavy (non-hydrogen) atoms. The molecule has 0 aromatic heterocycles. The Morgan fingerprint density at radius 3 is 2.12 bits per heavy atom. The SMILES string of the molecule is CCOC(C)(C)CCNC(C)=O.CNC(C)C. The van der Waals surface area contributed by atoms with Crippen LogP contribution in [0.1, 0.15) is 48.0 Å². The minimum atomic E-state index is -0.128. The van der Waals surface area contributed by atoms with Gasteiger partial charge in [-0.15, -0.1) is 0 Å². The monoisotopic (exact) mass is 246 g/mol. The van der Waals surface area contributed by atoms with Gasteiger partial charge in [-0.05, 0) is 34.2 Å². The Labute approximate surface area is 106 Å². The first kappa shape index (κ1) is 18.7. The van der Waals surface area contributed by atoms with Crippen molar-refractivity contribution in [2.24, 2.45) is 0 Å². The van der Waals surface area contributed by atoms with Crippen LogP contribution in [0, 0.1) is 0 Å². The molecule has 0 saturated carbocycles. The first-order valence-corrected chi connectivity index (χ1v) is 6.30. The lowest BCUT2D eigenvalue weighted by Crippen LogP contribution is -2.31. The highest BCUT2D eigenvalue weighted by Crippen LogP contribution is 2.12. The van der Waals surface area contributed by atoms with Crippen LogP contribution < -0.4 is 10.6 Å². The topological polar surface area (TPSA) is 50.4 Å². The van der Waals surface area contributed by atoms with Crippen molar-refractivity contribution in [3.63, 3.8) is 0 Å². The Bertz CT molecular complexity index is 192. The lowest BCUT2D eigenvalue weighted by atomic mass is 10.1. The number of amides is 1. The second-order valence-electron chi connectivity index (χ2n) is 4.87. The predicted octanol–water partition coefficient (Wildman–Crippen LogP) is 1.94. The van der Waals surface area contributed by atoms with E-state index in [-0.39, 0.29) is 11.5 Å². The number of ether oxygens (including phenoxy) is 1. The highest BCUT2D eigenvalue weighted by Gasteiger charge is 2.16. The minimum Gasteiger partial charge on any atom is -0.376 e. The number of hydrogen-bond donors (Lipinski definition) is 2. The van der Waals surface area contributed by atoms with Crippen LogP contribution in [0.25, 0.3) is 0 Å². The zero-order valence-electron chi connectivity index (χ0n) is 12.5. The quantitative estimate of drug-likeness (QED) is 0.753. The lowest BCUT2D eigenvalue weighted by Gasteiger charge is -2.24. The largest absolute Gasteiger partial charge is 0.376 e. The van der Waals surface area contributed by atoms with Crippen LogP contribution in [-0.4, -0.2) is 37.7 Å². The second-order valence-corrected chi connectivity index (χ2v) is 4.87. The first-order valence-electron chi connectivity index (χ1n) is 6.30. The average Bonchev–Trinajstić information content (AvgIpc) is 2.17. The highest BCUT2D eigenvalue weighted by molar-refractivity contribution is 5.72. The molecule has 1 amide bonds. The molecule has 0 heterocycles. The maximum absolute atomic E-state index is 10.5. The van der Waals surface area contributed by atoms with Crippen molar-refractivity contribution in [2.45, 2.75) is 59.6 Å². The maximum atomic E-state index is 10.5. The maximum Gasteiger partial charge on any atom is 0.216 e. The van der Waals surface area contributed by atoms with Gasteiger partial charge >= 0.3 is 0 Å². The summed E-state index contributed by atoms with van der Waals surface area (Å²) in [7, 11) is 1.95. The van der Waals surface area contributed by atoms with Gasteiger partial charge in [0.25, 0.3) is 0 Å². The van der Waals surface area contributed by atoms with Crippen molar-refractivity contribution in [1.29, 1.82) is 0 Å². The van der Waals surface area contributed by atoms with Crippen molar-refractivity contribution in [3.05, 3.63) is 0 Å². The number of rotatable bonds is 6. The van der Waals surface area contributed by atoms with Gasteiger partial charge < -0.3 is 15.4 Å². The molecule has 0 aromatic rings. The molecule has 0 aromatic carbocycles. The third-order valence-electron chi connectivity index (χ3n) is 2.21. The number of nitrogens with one attached hydrogen (secondary N) is 2. The molecule has 0 fully saturated rings. The normalized spacial score (nSPS) is 10.8. The molecule has 4 heteroatoms. The number of hydrogen-bond acceptors (Lipinski definition) is 3. The fourth-order valence-corrected chi connectivity index (χ4v) is 1.00. The van der Waals surface area contributed by atoms with E-state index in [0.29, 0.717) is 19.2 Å². The third kappa shape index (κ3) is 18.0. The molecular formula is C13H30N2O2. The Kier molecular flexibility index (Phi) is 11.6. The van der Waals surface area contributed by atoms with E-state index in [4.69, 9.17) is 4.74 Å². The number of carbonyl (C=O) groups excluding carboxylic acids is 1. The summed E-state index contributed by atoms with van der Waals surface area (Å²) in [6.07, 6.45) is 0.848. The molecule has 0 aliphatic carbocycles. The zero-order chi connectivity index (χ0) is 13.9. The Morgan fingerprint density at radius 2 is 1.82 bits per heavy atom. The van der Waals surface area contributed by atoms with Crippen LogP contribution in [0.3, 0.4) is 0 Å². The molecule has 104 valence electrons. The van der Waals surface area contributed by atoms with E-state index in [0.717, 1.165) is 6.42 Å². The van der Waals surface area contributed by atoms with E-state index in [9.17, 15) is 4.79 Å². The van der Waals surface area contributed by atoms with Gasteiger partial charge in [-0.1, -0.05) is 13.8 Å². The summed E-state index contributed by atoms with van der Waals surface area (Å²) in [6, 6.07) is 0.634. The molecule has 0 rings (SSSR count). The molecule has 0 saturated heterocycles. The van der Waals surface area contributed by atoms with Crippen LogP contribution >= 0.6 is 0 Å². The molecule has 0 radical (unpaired) electrons. The number of carbonyl (C=O) groups is 1. The van der Waals surface area contributed by atoms with Crippen molar-refractivity contribution < 1.29 is 9.53 Å². The summed E-state index contributed by atoms with van der Waals surface area (Å²) in [5, 5.41) is 5.77. The van der Waals surface area contributed by atoms with Gasteiger partial charge in [0.15, 0.2) is 0 Å². The summed E-state index contributed by atoms with van der Waals surface area (Å²) in [5.74, 6) is 0.0160. The fraction of sp³-hybridized carbons (Fsp3) is 0.923. The van der Waals surface area contributed by atoms with Gasteiger partial charge in [-0.3, -0.25) is 4.79 Å².